The van der Waals surface area contributed by atoms with Gasteiger partial charge in [-0.05, 0) is 34.7 Å². The van der Waals surface area contributed by atoms with Crippen LogP contribution in [0.1, 0.15) is 4.88 Å². The molecule has 2 aromatic heterocycles. The van der Waals surface area contributed by atoms with E-state index in [-0.39, 0.29) is 0 Å². The predicted octanol–water partition coefficient (Wildman–Crippen LogP) is 2.49. The molecule has 3 rings (SSSR count). The third kappa shape index (κ3) is 4.11. The van der Waals surface area contributed by atoms with Crippen LogP contribution in [0.2, 0.25) is 0 Å². The second-order valence-corrected chi connectivity index (χ2v) is 8.92. The van der Waals surface area contributed by atoms with Gasteiger partial charge in [0.25, 0.3) is 0 Å². The summed E-state index contributed by atoms with van der Waals surface area (Å²) in [5, 5.41) is 3.12. The topological polar surface area (TPSA) is 57.8 Å². The van der Waals surface area contributed by atoms with E-state index in [9.17, 15) is 0 Å². The lowest BCUT2D eigenvalue weighted by atomic mass is 10.3. The highest BCUT2D eigenvalue weighted by Crippen LogP contribution is 2.19. The highest BCUT2D eigenvalue weighted by molar-refractivity contribution is 14.1. The summed E-state index contributed by atoms with van der Waals surface area (Å²) in [6.07, 6.45) is 2.82. The van der Waals surface area contributed by atoms with Crippen molar-refractivity contribution < 1.29 is 0 Å². The molecular formula is C14H18IN5S2. The number of rotatable bonds is 4. The van der Waals surface area contributed by atoms with Crippen molar-refractivity contribution in [2.24, 2.45) is 10.7 Å². The van der Waals surface area contributed by atoms with E-state index in [0.717, 1.165) is 44.3 Å². The van der Waals surface area contributed by atoms with E-state index in [1.54, 1.807) is 11.3 Å². The molecular weight excluding hydrogens is 429 g/mol. The molecule has 8 heteroatoms. The number of aliphatic imine (C=N–C) groups is 1. The molecule has 118 valence electrons. The maximum Gasteiger partial charge on any atom is 0.191 e. The third-order valence-electron chi connectivity index (χ3n) is 3.55. The molecule has 0 amide bonds. The minimum atomic E-state index is 0.671. The lowest BCUT2D eigenvalue weighted by molar-refractivity contribution is 0.380. The number of nitrogens with two attached hydrogens (primary N) is 1. The van der Waals surface area contributed by atoms with Gasteiger partial charge in [0.2, 0.25) is 0 Å². The molecule has 1 aliphatic rings. The van der Waals surface area contributed by atoms with E-state index in [1.807, 2.05) is 22.9 Å². The van der Waals surface area contributed by atoms with E-state index in [1.165, 1.54) is 7.76 Å². The second kappa shape index (κ2) is 7.60. The van der Waals surface area contributed by atoms with Crippen molar-refractivity contribution in [3.8, 4) is 0 Å². The van der Waals surface area contributed by atoms with Crippen LogP contribution < -0.4 is 10.6 Å². The Bertz CT molecular complexity index is 617. The Labute approximate surface area is 152 Å². The maximum atomic E-state index is 6.13. The molecule has 0 aromatic carbocycles. The number of anilines is 1. The summed E-state index contributed by atoms with van der Waals surface area (Å²) in [6.45, 7) is 4.48. The predicted molar refractivity (Wildman–Crippen MR) is 103 cm³/mol. The van der Waals surface area contributed by atoms with Crippen molar-refractivity contribution in [1.82, 2.24) is 9.88 Å². The molecule has 5 nitrogen and oxygen atoms in total. The first-order valence-electron chi connectivity index (χ1n) is 7.16. The van der Waals surface area contributed by atoms with E-state index in [2.05, 4.69) is 54.5 Å². The van der Waals surface area contributed by atoms with Crippen LogP contribution in [0.3, 0.4) is 0 Å². The number of piperazine rings is 1. The van der Waals surface area contributed by atoms with E-state index >= 15 is 0 Å². The summed E-state index contributed by atoms with van der Waals surface area (Å²) in [7, 11) is 0. The Morgan fingerprint density at radius 2 is 2.14 bits per heavy atom. The summed E-state index contributed by atoms with van der Waals surface area (Å²) >= 11 is 5.86. The number of guanidine groups is 1. The van der Waals surface area contributed by atoms with Gasteiger partial charge in [-0.15, -0.1) is 22.7 Å². The van der Waals surface area contributed by atoms with Gasteiger partial charge in [0.15, 0.2) is 11.1 Å². The van der Waals surface area contributed by atoms with Gasteiger partial charge < -0.3 is 15.5 Å². The summed E-state index contributed by atoms with van der Waals surface area (Å²) < 4.78 is 1.32. The fraction of sp³-hybridized carbons (Fsp3) is 0.429. The van der Waals surface area contributed by atoms with Gasteiger partial charge in [0.1, 0.15) is 0 Å². The largest absolute Gasteiger partial charge is 0.370 e. The van der Waals surface area contributed by atoms with E-state index in [0.29, 0.717) is 5.96 Å². The molecule has 0 radical (unpaired) electrons. The summed E-state index contributed by atoms with van der Waals surface area (Å²) in [4.78, 5) is 14.7. The normalized spacial score (nSPS) is 16.3. The molecule has 1 aliphatic heterocycles. The molecule has 0 atom stereocenters. The molecule has 0 unspecified atom stereocenters. The number of hydrogen-bond acceptors (Lipinski definition) is 5. The fourth-order valence-corrected chi connectivity index (χ4v) is 4.81. The zero-order valence-corrected chi connectivity index (χ0v) is 15.9. The zero-order valence-electron chi connectivity index (χ0n) is 12.1. The molecule has 0 aliphatic carbocycles. The van der Waals surface area contributed by atoms with Crippen molar-refractivity contribution >= 4 is 56.4 Å². The van der Waals surface area contributed by atoms with E-state index in [4.69, 9.17) is 5.73 Å². The Hall–Kier alpha value is -0.870. The summed E-state index contributed by atoms with van der Waals surface area (Å²) in [5.74, 6) is 0.671. The number of thiazole rings is 1. The first-order chi connectivity index (χ1) is 10.7. The maximum absolute atomic E-state index is 6.13. The Balaban J connectivity index is 1.46. The van der Waals surface area contributed by atoms with Crippen molar-refractivity contribution in [1.29, 1.82) is 0 Å². The van der Waals surface area contributed by atoms with Crippen LogP contribution >= 0.6 is 45.3 Å². The highest BCUT2D eigenvalue weighted by atomic mass is 127. The third-order valence-corrected chi connectivity index (χ3v) is 6.34. The van der Waals surface area contributed by atoms with Crippen molar-refractivity contribution in [3.05, 3.63) is 31.5 Å². The minimum absolute atomic E-state index is 0.671. The van der Waals surface area contributed by atoms with Gasteiger partial charge in [-0.2, -0.15) is 0 Å². The van der Waals surface area contributed by atoms with Gasteiger partial charge in [-0.1, -0.05) is 0 Å². The van der Waals surface area contributed by atoms with Gasteiger partial charge in [0, 0.05) is 55.6 Å². The number of thiophene rings is 1. The smallest absolute Gasteiger partial charge is 0.191 e. The first kappa shape index (κ1) is 16.0. The Morgan fingerprint density at radius 3 is 2.77 bits per heavy atom. The molecule has 2 N–H and O–H groups in total. The average Bonchev–Trinajstić information content (AvgIpc) is 3.19. The van der Waals surface area contributed by atoms with Crippen LogP contribution in [-0.2, 0) is 6.42 Å². The first-order valence-corrected chi connectivity index (χ1v) is 9.93. The van der Waals surface area contributed by atoms with E-state index < -0.39 is 0 Å². The number of aromatic nitrogens is 1. The molecule has 1 saturated heterocycles. The van der Waals surface area contributed by atoms with Crippen LogP contribution in [0, 0.1) is 2.88 Å². The number of hydrogen-bond donors (Lipinski definition) is 1. The highest BCUT2D eigenvalue weighted by Gasteiger charge is 2.19. The quantitative estimate of drug-likeness (QED) is 0.445. The molecule has 0 bridgehead atoms. The number of nitrogens with zero attached hydrogens (tertiary/aromatic N) is 4. The molecule has 2 aromatic rings. The monoisotopic (exact) mass is 447 g/mol. The molecule has 3 heterocycles. The zero-order chi connectivity index (χ0) is 15.4. The van der Waals surface area contributed by atoms with Crippen LogP contribution in [0.15, 0.2) is 28.7 Å². The molecule has 1 fully saturated rings. The van der Waals surface area contributed by atoms with Crippen LogP contribution in [0.25, 0.3) is 0 Å². The Kier molecular flexibility index (Phi) is 5.53. The molecule has 22 heavy (non-hydrogen) atoms. The standard InChI is InChI=1S/C14H18IN5S2/c15-12-2-1-11(22-12)3-4-17-13(16)19-6-8-20(9-7-19)14-18-5-10-21-14/h1-2,5,10H,3-4,6-9H2,(H2,16,17). The van der Waals surface area contributed by atoms with Crippen molar-refractivity contribution in [2.45, 2.75) is 6.42 Å². The van der Waals surface area contributed by atoms with Crippen LogP contribution in [0.5, 0.6) is 0 Å². The number of halogens is 1. The van der Waals surface area contributed by atoms with Crippen molar-refractivity contribution in [3.63, 3.8) is 0 Å². The summed E-state index contributed by atoms with van der Waals surface area (Å²) in [6, 6.07) is 4.32. The van der Waals surface area contributed by atoms with Crippen molar-refractivity contribution in [2.75, 3.05) is 37.6 Å². The molecule has 0 spiro atoms. The van der Waals surface area contributed by atoms with Crippen LogP contribution in [-0.4, -0.2) is 48.6 Å². The average molecular weight is 447 g/mol. The van der Waals surface area contributed by atoms with Gasteiger partial charge in [-0.25, -0.2) is 4.98 Å². The van der Waals surface area contributed by atoms with Gasteiger partial charge in [-0.3, -0.25) is 4.99 Å². The minimum Gasteiger partial charge on any atom is -0.370 e. The fourth-order valence-electron chi connectivity index (χ4n) is 2.37. The lowest BCUT2D eigenvalue weighted by Crippen LogP contribution is -2.51. The molecule has 0 saturated carbocycles. The SMILES string of the molecule is NC(=NCCc1ccc(I)s1)N1CCN(c2nccs2)CC1. The van der Waals surface area contributed by atoms with Gasteiger partial charge >= 0.3 is 0 Å². The van der Waals surface area contributed by atoms with Gasteiger partial charge in [0.05, 0.1) is 2.88 Å². The van der Waals surface area contributed by atoms with Crippen LogP contribution in [0.4, 0.5) is 5.13 Å². The second-order valence-electron chi connectivity index (χ2n) is 4.98. The summed E-state index contributed by atoms with van der Waals surface area (Å²) in [5.41, 5.74) is 6.13. The Morgan fingerprint density at radius 1 is 1.32 bits per heavy atom. The lowest BCUT2D eigenvalue weighted by Gasteiger charge is -2.35.